The van der Waals surface area contributed by atoms with Crippen molar-refractivity contribution in [1.29, 1.82) is 0 Å². The maximum absolute atomic E-state index is 11.9. The molecular formula is C13H21N3NaO5W-. The molecule has 0 bridgehead atoms. The molecule has 1 amide bonds. The summed E-state index contributed by atoms with van der Waals surface area (Å²) >= 11 is 0. The molecule has 0 saturated heterocycles. The molecule has 0 aromatic rings. The van der Waals surface area contributed by atoms with Crippen LogP contribution in [0.15, 0.2) is 0 Å². The van der Waals surface area contributed by atoms with Crippen LogP contribution in [0.3, 0.4) is 0 Å². The molecule has 0 spiro atoms. The van der Waals surface area contributed by atoms with E-state index in [-0.39, 0.29) is 94.4 Å². The number of Topliss-reactive ketones (excluding diaryl/α,β-unsaturated/α-hetero) is 2. The zero-order valence-corrected chi connectivity index (χ0v) is 18.6. The molecule has 10 heteroatoms. The Balaban J connectivity index is -0.00000200. The van der Waals surface area contributed by atoms with Crippen LogP contribution in [0.5, 0.6) is 0 Å². The number of likely N-dealkylation sites (N-methyl/N-ethyl adjacent to an activating group) is 1. The number of nitrogens with one attached hydrogen (secondary N) is 3. The summed E-state index contributed by atoms with van der Waals surface area (Å²) in [5.74, 6) is -2.50. The van der Waals surface area contributed by atoms with E-state index >= 15 is 0 Å². The zero-order valence-electron chi connectivity index (χ0n) is 13.6. The van der Waals surface area contributed by atoms with Crippen molar-refractivity contribution in [2.75, 3.05) is 13.6 Å². The van der Waals surface area contributed by atoms with E-state index in [0.29, 0.717) is 0 Å². The van der Waals surface area contributed by atoms with Gasteiger partial charge in [0.05, 0.1) is 18.6 Å². The van der Waals surface area contributed by atoms with Crippen molar-refractivity contribution >= 4 is 23.4 Å². The Kier molecular flexibility index (Phi) is 18.6. The van der Waals surface area contributed by atoms with E-state index < -0.39 is 24.0 Å². The standard InChI is InChI=1S/C13H23N3O5.Na.W/c1-8(17)9(3-5-12(14)19)16-7-11(18)10(15-2)4-6-13(20)21;;/h9-10,15-16H,3-7H2,1-2H3,(H3,14,19,20,21);;/q;+1;/p-2/t9-,10-;;/m0../s1. The first-order chi connectivity index (χ1) is 9.77. The van der Waals surface area contributed by atoms with Crippen molar-refractivity contribution in [1.82, 2.24) is 10.6 Å². The van der Waals surface area contributed by atoms with Gasteiger partial charge in [0.15, 0.2) is 5.78 Å². The van der Waals surface area contributed by atoms with Crippen LogP contribution in [0.1, 0.15) is 32.6 Å². The second-order valence-electron chi connectivity index (χ2n) is 4.72. The molecule has 23 heavy (non-hydrogen) atoms. The molecule has 126 valence electrons. The summed E-state index contributed by atoms with van der Waals surface area (Å²) in [6.07, 6.45) is -0.0319. The summed E-state index contributed by atoms with van der Waals surface area (Å²) < 4.78 is 0. The molecule has 0 aromatic carbocycles. The smallest absolute Gasteiger partial charge is 0.668 e. The minimum absolute atomic E-state index is 0. The number of carboxylic acid groups (broad SMARTS) is 1. The van der Waals surface area contributed by atoms with Gasteiger partial charge >= 0.3 is 29.6 Å². The van der Waals surface area contributed by atoms with E-state index in [0.717, 1.165) is 0 Å². The number of carbonyl (C=O) groups is 4. The Hall–Kier alpha value is -0.112. The largest absolute Gasteiger partial charge is 1.00 e. The summed E-state index contributed by atoms with van der Waals surface area (Å²) in [4.78, 5) is 44.3. The second kappa shape index (κ2) is 15.4. The molecule has 0 aromatic heterocycles. The van der Waals surface area contributed by atoms with Crippen LogP contribution in [0.2, 0.25) is 0 Å². The number of ketones is 2. The zero-order chi connectivity index (χ0) is 16.4. The third-order valence-electron chi connectivity index (χ3n) is 3.05. The molecule has 0 aliphatic heterocycles. The summed E-state index contributed by atoms with van der Waals surface area (Å²) in [6, 6.07) is -1.30. The third-order valence-corrected chi connectivity index (χ3v) is 3.05. The molecule has 0 rings (SSSR count). The molecule has 0 unspecified atom stereocenters. The first kappa shape index (κ1) is 27.7. The molecule has 8 nitrogen and oxygen atoms in total. The van der Waals surface area contributed by atoms with Crippen LogP contribution in [0.4, 0.5) is 0 Å². The summed E-state index contributed by atoms with van der Waals surface area (Å²) in [7, 11) is 1.54. The van der Waals surface area contributed by atoms with Crippen molar-refractivity contribution in [3.8, 4) is 0 Å². The predicted octanol–water partition coefficient (Wildman–Crippen LogP) is -4.42. The van der Waals surface area contributed by atoms with Crippen molar-refractivity contribution in [3.63, 3.8) is 0 Å². The SMILES string of the molecule is CN[C@@H](CCC(=O)[O-])C(=O)CN[C@@H](CCC([NH-])=O)C(C)=O.[Na+].[W]. The number of aliphatic carboxylic acids is 1. The van der Waals surface area contributed by atoms with Crippen molar-refractivity contribution in [2.45, 2.75) is 44.7 Å². The molecule has 0 aliphatic rings. The number of carbonyl (C=O) groups excluding carboxylic acids is 4. The molecule has 0 saturated carbocycles. The van der Waals surface area contributed by atoms with Crippen LogP contribution in [0.25, 0.3) is 5.73 Å². The normalized spacial score (nSPS) is 12.3. The Morgan fingerprint density at radius 2 is 1.61 bits per heavy atom. The van der Waals surface area contributed by atoms with Crippen molar-refractivity contribution in [2.24, 2.45) is 0 Å². The summed E-state index contributed by atoms with van der Waals surface area (Å²) in [5, 5.41) is 15.8. The maximum atomic E-state index is 11.9. The van der Waals surface area contributed by atoms with Gasteiger partial charge in [-0.25, -0.2) is 0 Å². The summed E-state index contributed by atoms with van der Waals surface area (Å²) in [6.45, 7) is 1.22. The molecule has 0 aliphatic carbocycles. The number of hydrogen-bond acceptors (Lipinski definition) is 7. The van der Waals surface area contributed by atoms with Gasteiger partial charge in [0.2, 0.25) is 0 Å². The monoisotopic (exact) mass is 506 g/mol. The van der Waals surface area contributed by atoms with Gasteiger partial charge in [-0.1, -0.05) is 0 Å². The van der Waals surface area contributed by atoms with E-state index in [1.165, 1.54) is 6.92 Å². The van der Waals surface area contributed by atoms with Gasteiger partial charge in [-0.15, -0.1) is 0 Å². The number of rotatable bonds is 12. The Morgan fingerprint density at radius 3 is 2.00 bits per heavy atom. The minimum Gasteiger partial charge on any atom is -0.668 e. The third kappa shape index (κ3) is 14.0. The Bertz CT molecular complexity index is 409. The van der Waals surface area contributed by atoms with Crippen LogP contribution in [-0.2, 0) is 40.2 Å². The second-order valence-corrected chi connectivity index (χ2v) is 4.72. The van der Waals surface area contributed by atoms with Gasteiger partial charge in [-0.2, -0.15) is 0 Å². The fraction of sp³-hybridized carbons (Fsp3) is 0.692. The van der Waals surface area contributed by atoms with Crippen LogP contribution in [0, 0.1) is 0 Å². The van der Waals surface area contributed by atoms with Crippen LogP contribution < -0.4 is 45.3 Å². The van der Waals surface area contributed by atoms with Crippen LogP contribution in [-0.4, -0.2) is 49.1 Å². The van der Waals surface area contributed by atoms with E-state index in [1.807, 2.05) is 0 Å². The average Bonchev–Trinajstić information content (AvgIpc) is 2.38. The Labute approximate surface area is 172 Å². The van der Waals surface area contributed by atoms with Gasteiger partial charge in [-0.05, 0) is 39.7 Å². The van der Waals surface area contributed by atoms with Gasteiger partial charge < -0.3 is 31.1 Å². The van der Waals surface area contributed by atoms with E-state index in [9.17, 15) is 24.3 Å². The minimum atomic E-state index is -1.23. The number of carboxylic acids is 1. The van der Waals surface area contributed by atoms with E-state index in [4.69, 9.17) is 5.73 Å². The molecule has 0 fully saturated rings. The number of amides is 1. The predicted molar refractivity (Wildman–Crippen MR) is 73.1 cm³/mol. The van der Waals surface area contributed by atoms with Gasteiger partial charge in [0, 0.05) is 32.9 Å². The van der Waals surface area contributed by atoms with Gasteiger partial charge in [0.1, 0.15) is 5.78 Å². The van der Waals surface area contributed by atoms with Crippen molar-refractivity contribution < 1.29 is 74.9 Å². The van der Waals surface area contributed by atoms with Crippen LogP contribution >= 0.6 is 0 Å². The summed E-state index contributed by atoms with van der Waals surface area (Å²) in [5.41, 5.74) is 6.81. The van der Waals surface area contributed by atoms with E-state index in [2.05, 4.69) is 10.6 Å². The topological polar surface area (TPSA) is 139 Å². The van der Waals surface area contributed by atoms with Gasteiger partial charge in [-0.3, -0.25) is 9.59 Å². The number of hydrogen-bond donors (Lipinski definition) is 2. The average molecular weight is 506 g/mol. The molecular weight excluding hydrogens is 485 g/mol. The molecule has 2 atom stereocenters. The first-order valence-corrected chi connectivity index (χ1v) is 6.66. The molecule has 3 N–H and O–H groups in total. The van der Waals surface area contributed by atoms with Gasteiger partial charge in [0.25, 0.3) is 0 Å². The fourth-order valence-electron chi connectivity index (χ4n) is 1.80. The Morgan fingerprint density at radius 1 is 1.09 bits per heavy atom. The molecule has 0 heterocycles. The van der Waals surface area contributed by atoms with E-state index in [1.54, 1.807) is 7.05 Å². The molecule has 0 radical (unpaired) electrons. The quantitative estimate of drug-likeness (QED) is 0.255. The maximum Gasteiger partial charge on any atom is 1.00 e. The van der Waals surface area contributed by atoms with Crippen molar-refractivity contribution in [3.05, 3.63) is 5.73 Å². The fourth-order valence-corrected chi connectivity index (χ4v) is 1.80. The first-order valence-electron chi connectivity index (χ1n) is 6.66.